The average molecular weight is 273 g/mol. The van der Waals surface area contributed by atoms with Crippen LogP contribution in [0.4, 0.5) is 5.69 Å². The normalized spacial score (nSPS) is 18.0. The van der Waals surface area contributed by atoms with Crippen LogP contribution in [0.1, 0.15) is 38.2 Å². The molecule has 1 aromatic carbocycles. The second kappa shape index (κ2) is 5.90. The second-order valence-corrected chi connectivity index (χ2v) is 5.06. The van der Waals surface area contributed by atoms with E-state index in [0.29, 0.717) is 12.1 Å². The summed E-state index contributed by atoms with van der Waals surface area (Å²) in [6.45, 7) is 4.24. The lowest BCUT2D eigenvalue weighted by atomic mass is 9.98. The highest BCUT2D eigenvalue weighted by Gasteiger charge is 2.33. The minimum absolute atomic E-state index is 0.0350. The Bertz CT molecular complexity index is 563. The van der Waals surface area contributed by atoms with Crippen LogP contribution in [-0.4, -0.2) is 23.5 Å². The Kier molecular flexibility index (Phi) is 4.23. The third-order valence-electron chi connectivity index (χ3n) is 3.58. The molecule has 1 N–H and O–H groups in total. The van der Waals surface area contributed by atoms with E-state index in [2.05, 4.69) is 0 Å². The van der Waals surface area contributed by atoms with Crippen molar-refractivity contribution in [3.63, 3.8) is 0 Å². The van der Waals surface area contributed by atoms with Gasteiger partial charge in [-0.2, -0.15) is 0 Å². The number of carboxylic acids is 1. The first kappa shape index (κ1) is 14.3. The van der Waals surface area contributed by atoms with Crippen LogP contribution in [0.3, 0.4) is 0 Å². The number of carboxylic acid groups (broad SMARTS) is 1. The lowest BCUT2D eigenvalue weighted by molar-refractivity contribution is -0.137. The summed E-state index contributed by atoms with van der Waals surface area (Å²) in [5.41, 5.74) is 2.50. The summed E-state index contributed by atoms with van der Waals surface area (Å²) in [6, 6.07) is 7.56. The topological polar surface area (TPSA) is 57.6 Å². The van der Waals surface area contributed by atoms with Crippen LogP contribution >= 0.6 is 0 Å². The molecule has 106 valence electrons. The number of para-hydroxylation sites is 1. The molecule has 0 radical (unpaired) electrons. The Morgan fingerprint density at radius 3 is 2.75 bits per heavy atom. The number of anilines is 1. The third kappa shape index (κ3) is 2.74. The number of carbonyl (C=O) groups is 2. The summed E-state index contributed by atoms with van der Waals surface area (Å²) < 4.78 is 0. The van der Waals surface area contributed by atoms with Gasteiger partial charge in [-0.25, -0.2) is 0 Å². The molecule has 1 aliphatic rings. The fourth-order valence-corrected chi connectivity index (χ4v) is 2.68. The molecule has 1 aromatic rings. The van der Waals surface area contributed by atoms with Gasteiger partial charge in [-0.15, -0.1) is 0 Å². The SMILES string of the molecule is CC/C=C(/C)C(=O)N1CC(CC(=O)O)c2ccccc21. The van der Waals surface area contributed by atoms with Crippen LogP contribution in [0.15, 0.2) is 35.9 Å². The zero-order chi connectivity index (χ0) is 14.7. The van der Waals surface area contributed by atoms with E-state index in [9.17, 15) is 9.59 Å². The number of carbonyl (C=O) groups excluding carboxylic acids is 1. The van der Waals surface area contributed by atoms with Crippen LogP contribution in [-0.2, 0) is 9.59 Å². The Morgan fingerprint density at radius 1 is 1.40 bits per heavy atom. The molecule has 0 saturated carbocycles. The van der Waals surface area contributed by atoms with Crippen molar-refractivity contribution in [3.8, 4) is 0 Å². The van der Waals surface area contributed by atoms with Crippen LogP contribution in [0.25, 0.3) is 0 Å². The van der Waals surface area contributed by atoms with Crippen molar-refractivity contribution in [1.29, 1.82) is 0 Å². The summed E-state index contributed by atoms with van der Waals surface area (Å²) in [4.78, 5) is 25.1. The first-order valence-electron chi connectivity index (χ1n) is 6.84. The molecule has 1 heterocycles. The number of allylic oxidation sites excluding steroid dienone is 1. The smallest absolute Gasteiger partial charge is 0.304 e. The highest BCUT2D eigenvalue weighted by atomic mass is 16.4. The summed E-state index contributed by atoms with van der Waals surface area (Å²) >= 11 is 0. The van der Waals surface area contributed by atoms with Gasteiger partial charge in [0.1, 0.15) is 0 Å². The second-order valence-electron chi connectivity index (χ2n) is 5.06. The lowest BCUT2D eigenvalue weighted by Crippen LogP contribution is -2.30. The fourth-order valence-electron chi connectivity index (χ4n) is 2.68. The van der Waals surface area contributed by atoms with E-state index in [1.54, 1.807) is 11.8 Å². The third-order valence-corrected chi connectivity index (χ3v) is 3.58. The molecule has 1 aliphatic heterocycles. The van der Waals surface area contributed by atoms with Gasteiger partial charge in [0.25, 0.3) is 5.91 Å². The first-order valence-corrected chi connectivity index (χ1v) is 6.84. The highest BCUT2D eigenvalue weighted by Crippen LogP contribution is 2.38. The molecule has 0 aliphatic carbocycles. The van der Waals surface area contributed by atoms with Crippen LogP contribution in [0.5, 0.6) is 0 Å². The van der Waals surface area contributed by atoms with E-state index in [4.69, 9.17) is 5.11 Å². The minimum Gasteiger partial charge on any atom is -0.481 e. The molecule has 0 fully saturated rings. The number of benzene rings is 1. The quantitative estimate of drug-likeness (QED) is 0.858. The van der Waals surface area contributed by atoms with E-state index in [1.807, 2.05) is 37.3 Å². The van der Waals surface area contributed by atoms with Gasteiger partial charge in [0.2, 0.25) is 0 Å². The molecule has 1 unspecified atom stereocenters. The summed E-state index contributed by atoms with van der Waals surface area (Å²) in [5, 5.41) is 9.00. The van der Waals surface area contributed by atoms with E-state index >= 15 is 0 Å². The maximum atomic E-state index is 12.4. The number of nitrogens with zero attached hydrogens (tertiary/aromatic N) is 1. The molecular formula is C16H19NO3. The maximum Gasteiger partial charge on any atom is 0.304 e. The van der Waals surface area contributed by atoms with Gasteiger partial charge in [0.15, 0.2) is 0 Å². The van der Waals surface area contributed by atoms with Gasteiger partial charge in [0, 0.05) is 23.7 Å². The van der Waals surface area contributed by atoms with Gasteiger partial charge < -0.3 is 10.0 Å². The highest BCUT2D eigenvalue weighted by molar-refractivity contribution is 6.06. The summed E-state index contributed by atoms with van der Waals surface area (Å²) in [7, 11) is 0. The van der Waals surface area contributed by atoms with Crippen molar-refractivity contribution >= 4 is 17.6 Å². The lowest BCUT2D eigenvalue weighted by Gasteiger charge is -2.18. The predicted octanol–water partition coefficient (Wildman–Crippen LogP) is 2.95. The number of amides is 1. The van der Waals surface area contributed by atoms with E-state index < -0.39 is 5.97 Å². The Hall–Kier alpha value is -2.10. The average Bonchev–Trinajstić information content (AvgIpc) is 2.77. The van der Waals surface area contributed by atoms with Crippen LogP contribution < -0.4 is 4.90 Å². The molecule has 0 saturated heterocycles. The standard InChI is InChI=1S/C16H19NO3/c1-3-6-11(2)16(20)17-10-12(9-15(18)19)13-7-4-5-8-14(13)17/h4-8,12H,3,9-10H2,1-2H3,(H,18,19)/b11-6-. The van der Waals surface area contributed by atoms with Gasteiger partial charge in [-0.1, -0.05) is 31.2 Å². The number of hydrogen-bond acceptors (Lipinski definition) is 2. The Balaban J connectivity index is 2.32. The zero-order valence-corrected chi connectivity index (χ0v) is 11.8. The molecule has 0 bridgehead atoms. The predicted molar refractivity (Wildman–Crippen MR) is 77.8 cm³/mol. The Labute approximate surface area is 118 Å². The Morgan fingerprint density at radius 2 is 2.10 bits per heavy atom. The van der Waals surface area contributed by atoms with Crippen molar-refractivity contribution in [1.82, 2.24) is 0 Å². The van der Waals surface area contributed by atoms with Crippen LogP contribution in [0.2, 0.25) is 0 Å². The van der Waals surface area contributed by atoms with Gasteiger partial charge >= 0.3 is 5.97 Å². The number of fused-ring (bicyclic) bond motifs is 1. The number of aliphatic carboxylic acids is 1. The van der Waals surface area contributed by atoms with Crippen molar-refractivity contribution in [3.05, 3.63) is 41.5 Å². The maximum absolute atomic E-state index is 12.4. The van der Waals surface area contributed by atoms with E-state index in [1.165, 1.54) is 0 Å². The van der Waals surface area contributed by atoms with Crippen molar-refractivity contribution in [2.45, 2.75) is 32.6 Å². The molecule has 1 atom stereocenters. The summed E-state index contributed by atoms with van der Waals surface area (Å²) in [5.74, 6) is -0.991. The molecular weight excluding hydrogens is 254 g/mol. The molecule has 20 heavy (non-hydrogen) atoms. The van der Waals surface area contributed by atoms with Crippen molar-refractivity contribution in [2.24, 2.45) is 0 Å². The molecule has 4 heteroatoms. The minimum atomic E-state index is -0.833. The molecule has 2 rings (SSSR count). The van der Waals surface area contributed by atoms with Crippen LogP contribution in [0, 0.1) is 0 Å². The van der Waals surface area contributed by atoms with Gasteiger partial charge in [-0.05, 0) is 25.0 Å². The monoisotopic (exact) mass is 273 g/mol. The van der Waals surface area contributed by atoms with E-state index in [0.717, 1.165) is 17.7 Å². The van der Waals surface area contributed by atoms with E-state index in [-0.39, 0.29) is 18.2 Å². The van der Waals surface area contributed by atoms with Gasteiger partial charge in [-0.3, -0.25) is 9.59 Å². The molecule has 0 aromatic heterocycles. The largest absolute Gasteiger partial charge is 0.481 e. The molecule has 1 amide bonds. The van der Waals surface area contributed by atoms with Crippen molar-refractivity contribution < 1.29 is 14.7 Å². The molecule has 4 nitrogen and oxygen atoms in total. The zero-order valence-electron chi connectivity index (χ0n) is 11.8. The number of rotatable bonds is 4. The fraction of sp³-hybridized carbons (Fsp3) is 0.375. The molecule has 0 spiro atoms. The van der Waals surface area contributed by atoms with Gasteiger partial charge in [0.05, 0.1) is 6.42 Å². The summed E-state index contributed by atoms with van der Waals surface area (Å²) in [6.07, 6.45) is 2.76. The number of hydrogen-bond donors (Lipinski definition) is 1. The van der Waals surface area contributed by atoms with Crippen molar-refractivity contribution in [2.75, 3.05) is 11.4 Å². The first-order chi connectivity index (χ1) is 9.54.